The van der Waals surface area contributed by atoms with Gasteiger partial charge in [0, 0.05) is 24.0 Å². The fraction of sp³-hybridized carbons (Fsp3) is 0. The minimum Gasteiger partial charge on any atom is -0.504 e. The van der Waals surface area contributed by atoms with Gasteiger partial charge in [0.2, 0.25) is 5.75 Å². The molecule has 0 aliphatic carbocycles. The highest BCUT2D eigenvalue weighted by Gasteiger charge is 2.23. The van der Waals surface area contributed by atoms with Gasteiger partial charge in [-0.25, -0.2) is 9.98 Å². The Labute approximate surface area is 122 Å². The van der Waals surface area contributed by atoms with Crippen molar-refractivity contribution in [2.45, 2.75) is 0 Å². The highest BCUT2D eigenvalue weighted by Crippen LogP contribution is 2.33. The second-order valence-corrected chi connectivity index (χ2v) is 4.02. The zero-order valence-corrected chi connectivity index (χ0v) is 10.8. The number of nitro benzene ring substituents is 2. The van der Waals surface area contributed by atoms with Crippen LogP contribution in [-0.2, 0) is 0 Å². The fourth-order valence-corrected chi connectivity index (χ4v) is 1.59. The van der Waals surface area contributed by atoms with E-state index in [1.807, 2.05) is 0 Å². The first kappa shape index (κ1) is 14.8. The van der Waals surface area contributed by atoms with Crippen molar-refractivity contribution >= 4 is 23.4 Å². The Balaban J connectivity index is 2.53. The van der Waals surface area contributed by atoms with E-state index in [2.05, 4.69) is 9.98 Å². The van der Waals surface area contributed by atoms with Gasteiger partial charge in [0.05, 0.1) is 15.9 Å². The van der Waals surface area contributed by atoms with Crippen LogP contribution in [0.2, 0.25) is 0 Å². The molecule has 0 fully saturated rings. The quantitative estimate of drug-likeness (QED) is 0.498. The van der Waals surface area contributed by atoms with Gasteiger partial charge in [0.25, 0.3) is 5.69 Å². The molecular weight excluding hydrogens is 296 g/mol. The highest BCUT2D eigenvalue weighted by molar-refractivity contribution is 5.88. The molecule has 10 heteroatoms. The second-order valence-electron chi connectivity index (χ2n) is 4.02. The SMILES string of the molecule is O=[N+]([O-])c1cc(/C=N/c2ncccc2O)c(O)c([N+](=O)[O-])c1. The number of non-ortho nitro benzene ring substituents is 1. The van der Waals surface area contributed by atoms with Crippen molar-refractivity contribution in [3.8, 4) is 11.5 Å². The smallest absolute Gasteiger partial charge is 0.318 e. The van der Waals surface area contributed by atoms with Crippen molar-refractivity contribution in [1.29, 1.82) is 0 Å². The first-order chi connectivity index (χ1) is 10.4. The molecule has 0 aliphatic rings. The molecule has 1 aromatic heterocycles. The van der Waals surface area contributed by atoms with Gasteiger partial charge in [-0.2, -0.15) is 0 Å². The summed E-state index contributed by atoms with van der Waals surface area (Å²) < 4.78 is 0. The van der Waals surface area contributed by atoms with E-state index >= 15 is 0 Å². The van der Waals surface area contributed by atoms with Crippen LogP contribution < -0.4 is 0 Å². The van der Waals surface area contributed by atoms with Crippen LogP contribution in [0.25, 0.3) is 0 Å². The van der Waals surface area contributed by atoms with Gasteiger partial charge >= 0.3 is 5.69 Å². The third-order valence-electron chi connectivity index (χ3n) is 2.60. The van der Waals surface area contributed by atoms with E-state index in [9.17, 15) is 30.4 Å². The Hall–Kier alpha value is -3.56. The van der Waals surface area contributed by atoms with Gasteiger partial charge in [0.15, 0.2) is 11.6 Å². The minimum absolute atomic E-state index is 0.101. The standard InChI is InChI=1S/C12H8N4O6/c17-10-2-1-3-13-12(10)14-6-7-4-8(15(19)20)5-9(11(7)18)16(21)22/h1-6,17-18H/b14-6+. The number of nitro groups is 2. The molecule has 1 aromatic carbocycles. The van der Waals surface area contributed by atoms with E-state index in [0.29, 0.717) is 6.07 Å². The van der Waals surface area contributed by atoms with Gasteiger partial charge < -0.3 is 10.2 Å². The van der Waals surface area contributed by atoms with E-state index in [1.54, 1.807) is 0 Å². The predicted octanol–water partition coefficient (Wildman–Crippen LogP) is 2.06. The summed E-state index contributed by atoms with van der Waals surface area (Å²) >= 11 is 0. The lowest BCUT2D eigenvalue weighted by atomic mass is 10.1. The lowest BCUT2D eigenvalue weighted by Gasteiger charge is -2.01. The normalized spacial score (nSPS) is 10.7. The predicted molar refractivity (Wildman–Crippen MR) is 74.6 cm³/mol. The highest BCUT2D eigenvalue weighted by atomic mass is 16.6. The molecule has 1 heterocycles. The molecule has 0 spiro atoms. The van der Waals surface area contributed by atoms with Gasteiger partial charge in [-0.3, -0.25) is 20.2 Å². The third kappa shape index (κ3) is 2.95. The number of nitrogens with zero attached hydrogens (tertiary/aromatic N) is 4. The number of hydrogen-bond acceptors (Lipinski definition) is 8. The first-order valence-corrected chi connectivity index (χ1v) is 5.74. The van der Waals surface area contributed by atoms with Crippen LogP contribution in [0, 0.1) is 20.2 Å². The fourth-order valence-electron chi connectivity index (χ4n) is 1.59. The average Bonchev–Trinajstić information content (AvgIpc) is 2.47. The van der Waals surface area contributed by atoms with Crippen molar-refractivity contribution in [3.63, 3.8) is 0 Å². The Bertz CT molecular complexity index is 789. The van der Waals surface area contributed by atoms with Crippen LogP contribution in [0.4, 0.5) is 17.2 Å². The molecule has 2 N–H and O–H groups in total. The summed E-state index contributed by atoms with van der Waals surface area (Å²) in [6.07, 6.45) is 2.29. The van der Waals surface area contributed by atoms with Crippen LogP contribution in [-0.4, -0.2) is 31.3 Å². The molecule has 0 aliphatic heterocycles. The van der Waals surface area contributed by atoms with Crippen LogP contribution >= 0.6 is 0 Å². The number of pyridine rings is 1. The third-order valence-corrected chi connectivity index (χ3v) is 2.60. The molecule has 0 unspecified atom stereocenters. The van der Waals surface area contributed by atoms with Crippen LogP contribution in [0.15, 0.2) is 35.5 Å². The maximum atomic E-state index is 10.8. The molecule has 22 heavy (non-hydrogen) atoms. The number of phenols is 1. The van der Waals surface area contributed by atoms with Crippen molar-refractivity contribution < 1.29 is 20.1 Å². The molecule has 10 nitrogen and oxygen atoms in total. The summed E-state index contributed by atoms with van der Waals surface area (Å²) in [5, 5.41) is 40.8. The first-order valence-electron chi connectivity index (χ1n) is 5.74. The lowest BCUT2D eigenvalue weighted by molar-refractivity contribution is -0.394. The number of aromatic hydroxyl groups is 2. The summed E-state index contributed by atoms with van der Waals surface area (Å²) in [6, 6.07) is 4.34. The summed E-state index contributed by atoms with van der Waals surface area (Å²) in [5.74, 6) is -1.12. The topological polar surface area (TPSA) is 152 Å². The molecular formula is C12H8N4O6. The maximum Gasteiger partial charge on any atom is 0.318 e. The zero-order valence-electron chi connectivity index (χ0n) is 10.8. The number of aliphatic imine (C=N–C) groups is 1. The molecule has 0 saturated carbocycles. The van der Waals surface area contributed by atoms with E-state index < -0.39 is 27.0 Å². The number of rotatable bonds is 4. The molecule has 0 bridgehead atoms. The van der Waals surface area contributed by atoms with E-state index in [0.717, 1.165) is 12.3 Å². The van der Waals surface area contributed by atoms with Crippen molar-refractivity contribution in [3.05, 3.63) is 56.3 Å². The molecule has 2 rings (SSSR count). The number of hydrogen-bond donors (Lipinski definition) is 2. The Kier molecular flexibility index (Phi) is 3.93. The molecule has 0 saturated heterocycles. The summed E-state index contributed by atoms with van der Waals surface area (Å²) in [7, 11) is 0. The summed E-state index contributed by atoms with van der Waals surface area (Å²) in [6.45, 7) is 0. The maximum absolute atomic E-state index is 10.8. The van der Waals surface area contributed by atoms with Crippen LogP contribution in [0.3, 0.4) is 0 Å². The van der Waals surface area contributed by atoms with Crippen LogP contribution in [0.5, 0.6) is 11.5 Å². The van der Waals surface area contributed by atoms with Gasteiger partial charge in [-0.15, -0.1) is 0 Å². The van der Waals surface area contributed by atoms with E-state index in [1.165, 1.54) is 18.3 Å². The van der Waals surface area contributed by atoms with Crippen molar-refractivity contribution in [2.75, 3.05) is 0 Å². The van der Waals surface area contributed by atoms with E-state index in [-0.39, 0.29) is 17.1 Å². The molecule has 0 amide bonds. The molecule has 112 valence electrons. The zero-order chi connectivity index (χ0) is 16.3. The monoisotopic (exact) mass is 304 g/mol. The van der Waals surface area contributed by atoms with Gasteiger partial charge in [0.1, 0.15) is 0 Å². The Morgan fingerprint density at radius 3 is 2.50 bits per heavy atom. The van der Waals surface area contributed by atoms with Gasteiger partial charge in [-0.05, 0) is 12.1 Å². The van der Waals surface area contributed by atoms with Crippen molar-refractivity contribution in [2.24, 2.45) is 4.99 Å². The van der Waals surface area contributed by atoms with Gasteiger partial charge in [-0.1, -0.05) is 0 Å². The average molecular weight is 304 g/mol. The van der Waals surface area contributed by atoms with E-state index in [4.69, 9.17) is 0 Å². The lowest BCUT2D eigenvalue weighted by Crippen LogP contribution is -1.96. The number of aromatic nitrogens is 1. The summed E-state index contributed by atoms with van der Waals surface area (Å²) in [5.41, 5.74) is -1.64. The molecule has 0 radical (unpaired) electrons. The summed E-state index contributed by atoms with van der Waals surface area (Å²) in [4.78, 5) is 27.3. The second kappa shape index (κ2) is 5.83. The Morgan fingerprint density at radius 1 is 1.18 bits per heavy atom. The number of benzene rings is 1. The Morgan fingerprint density at radius 2 is 1.91 bits per heavy atom. The van der Waals surface area contributed by atoms with Crippen molar-refractivity contribution in [1.82, 2.24) is 4.98 Å². The largest absolute Gasteiger partial charge is 0.504 e. The van der Waals surface area contributed by atoms with Crippen LogP contribution in [0.1, 0.15) is 5.56 Å². The molecule has 0 atom stereocenters. The number of phenolic OH excluding ortho intramolecular Hbond substituents is 1. The molecule has 2 aromatic rings. The minimum atomic E-state index is -0.947.